The van der Waals surface area contributed by atoms with E-state index < -0.39 is 27.9 Å². The summed E-state index contributed by atoms with van der Waals surface area (Å²) in [7, 11) is -3.94. The van der Waals surface area contributed by atoms with Crippen LogP contribution in [-0.2, 0) is 19.1 Å². The lowest BCUT2D eigenvalue weighted by Gasteiger charge is -2.24. The molecule has 23 heavy (non-hydrogen) atoms. The second kappa shape index (κ2) is 7.70. The van der Waals surface area contributed by atoms with Gasteiger partial charge in [0.05, 0.1) is 6.26 Å². The first-order valence-electron chi connectivity index (χ1n) is 7.65. The van der Waals surface area contributed by atoms with Crippen LogP contribution < -0.4 is 0 Å². The summed E-state index contributed by atoms with van der Waals surface area (Å²) in [5.41, 5.74) is 0.254. The van der Waals surface area contributed by atoms with E-state index in [1.54, 1.807) is 18.2 Å². The molecule has 7 heteroatoms. The Hall–Kier alpha value is -1.73. The number of ketones is 1. The van der Waals surface area contributed by atoms with Crippen molar-refractivity contribution >= 4 is 21.8 Å². The first-order chi connectivity index (χ1) is 10.9. The van der Waals surface area contributed by atoms with Crippen molar-refractivity contribution in [2.24, 2.45) is 0 Å². The van der Waals surface area contributed by atoms with Gasteiger partial charge in [-0.05, 0) is 12.8 Å². The van der Waals surface area contributed by atoms with Crippen LogP contribution in [0.1, 0.15) is 36.0 Å². The highest BCUT2D eigenvalue weighted by Crippen LogP contribution is 2.16. The molecule has 2 rings (SSSR count). The Morgan fingerprint density at radius 3 is 2.13 bits per heavy atom. The average molecular weight is 339 g/mol. The topological polar surface area (TPSA) is 80.8 Å². The first-order valence-corrected chi connectivity index (χ1v) is 9.46. The molecule has 1 atom stereocenters. The number of hydrogen-bond acceptors (Lipinski definition) is 5. The number of hydrogen-bond donors (Lipinski definition) is 0. The molecule has 0 saturated carbocycles. The van der Waals surface area contributed by atoms with Crippen LogP contribution in [0.4, 0.5) is 0 Å². The molecule has 1 saturated heterocycles. The quantitative estimate of drug-likeness (QED) is 0.462. The second-order valence-corrected chi connectivity index (χ2v) is 7.25. The summed E-state index contributed by atoms with van der Waals surface area (Å²) in [6.45, 7) is 1.04. The van der Waals surface area contributed by atoms with Crippen molar-refractivity contribution in [3.63, 3.8) is 0 Å². The molecule has 0 N–H and O–H groups in total. The van der Waals surface area contributed by atoms with Crippen LogP contribution in [0.2, 0.25) is 0 Å². The second-order valence-electron chi connectivity index (χ2n) is 5.65. The third-order valence-electron chi connectivity index (χ3n) is 3.71. The number of carbonyl (C=O) groups is 2. The Bertz CT molecular complexity index is 648. The highest BCUT2D eigenvalue weighted by molar-refractivity contribution is 7.86. The van der Waals surface area contributed by atoms with Crippen molar-refractivity contribution in [1.82, 2.24) is 4.90 Å². The lowest BCUT2D eigenvalue weighted by molar-refractivity contribution is -0.136. The molecule has 6 nitrogen and oxygen atoms in total. The van der Waals surface area contributed by atoms with E-state index in [-0.39, 0.29) is 5.56 Å². The van der Waals surface area contributed by atoms with Crippen molar-refractivity contribution in [2.75, 3.05) is 19.3 Å². The number of nitrogens with zero attached hydrogens (tertiary/aromatic N) is 1. The van der Waals surface area contributed by atoms with Gasteiger partial charge in [-0.3, -0.25) is 9.59 Å². The molecule has 1 unspecified atom stereocenters. The Balaban J connectivity index is 2.26. The fourth-order valence-electron chi connectivity index (χ4n) is 2.58. The minimum atomic E-state index is -3.94. The Morgan fingerprint density at radius 1 is 1.04 bits per heavy atom. The minimum Gasteiger partial charge on any atom is -0.340 e. The van der Waals surface area contributed by atoms with E-state index in [1.165, 1.54) is 17.0 Å². The van der Waals surface area contributed by atoms with E-state index in [9.17, 15) is 18.0 Å². The Morgan fingerprint density at radius 2 is 1.61 bits per heavy atom. The normalized spacial score (nSPS) is 17.3. The van der Waals surface area contributed by atoms with Gasteiger partial charge in [-0.25, -0.2) is 4.18 Å². The molecule has 0 spiro atoms. The molecule has 1 aliphatic rings. The van der Waals surface area contributed by atoms with Crippen LogP contribution in [0.3, 0.4) is 0 Å². The number of benzene rings is 1. The zero-order valence-electron chi connectivity index (χ0n) is 13.1. The van der Waals surface area contributed by atoms with Crippen LogP contribution in [0.5, 0.6) is 0 Å². The Kier molecular flexibility index (Phi) is 5.90. The fourth-order valence-corrected chi connectivity index (χ4v) is 3.10. The smallest absolute Gasteiger partial charge is 0.265 e. The average Bonchev–Trinajstić information content (AvgIpc) is 2.80. The van der Waals surface area contributed by atoms with Crippen LogP contribution >= 0.6 is 0 Å². The maximum atomic E-state index is 12.7. The summed E-state index contributed by atoms with van der Waals surface area (Å²) in [4.78, 5) is 26.7. The van der Waals surface area contributed by atoms with Gasteiger partial charge in [0.1, 0.15) is 0 Å². The lowest BCUT2D eigenvalue weighted by Crippen LogP contribution is -2.45. The summed E-state index contributed by atoms with van der Waals surface area (Å²) in [5, 5.41) is 0. The molecule has 1 aromatic carbocycles. The highest BCUT2D eigenvalue weighted by Gasteiger charge is 2.35. The maximum Gasteiger partial charge on any atom is 0.265 e. The highest BCUT2D eigenvalue weighted by atomic mass is 32.2. The molecule has 1 aliphatic heterocycles. The number of amides is 1. The van der Waals surface area contributed by atoms with E-state index >= 15 is 0 Å². The van der Waals surface area contributed by atoms with Crippen molar-refractivity contribution in [3.05, 3.63) is 35.9 Å². The van der Waals surface area contributed by atoms with Gasteiger partial charge in [-0.2, -0.15) is 8.42 Å². The van der Waals surface area contributed by atoms with E-state index in [0.717, 1.165) is 31.9 Å². The Labute approximate surface area is 136 Å². The van der Waals surface area contributed by atoms with Crippen LogP contribution in [-0.4, -0.2) is 50.5 Å². The van der Waals surface area contributed by atoms with Gasteiger partial charge in [0, 0.05) is 18.7 Å². The first kappa shape index (κ1) is 17.6. The number of likely N-dealkylation sites (tertiary alicyclic amines) is 1. The summed E-state index contributed by atoms with van der Waals surface area (Å²) in [5.74, 6) is -1.21. The van der Waals surface area contributed by atoms with Crippen LogP contribution in [0.15, 0.2) is 30.3 Å². The summed E-state index contributed by atoms with van der Waals surface area (Å²) < 4.78 is 27.8. The summed E-state index contributed by atoms with van der Waals surface area (Å²) in [6.07, 6.45) is 2.93. The predicted molar refractivity (Wildman–Crippen MR) is 85.5 cm³/mol. The van der Waals surface area contributed by atoms with Gasteiger partial charge in [-0.15, -0.1) is 0 Å². The maximum absolute atomic E-state index is 12.7. The molecule has 0 bridgehead atoms. The predicted octanol–water partition coefficient (Wildman–Crippen LogP) is 1.62. The summed E-state index contributed by atoms with van der Waals surface area (Å²) >= 11 is 0. The van der Waals surface area contributed by atoms with Crippen molar-refractivity contribution in [1.29, 1.82) is 0 Å². The largest absolute Gasteiger partial charge is 0.340 e. The van der Waals surface area contributed by atoms with Crippen molar-refractivity contribution in [3.8, 4) is 0 Å². The standard InChI is InChI=1S/C16H21NO5S/c1-23(20,21)22-15(14(18)13-9-5-4-6-10-13)16(19)17-11-7-2-3-8-12-17/h4-6,9-10,15H,2-3,7-8,11-12H2,1H3. The monoisotopic (exact) mass is 339 g/mol. The van der Waals surface area contributed by atoms with Gasteiger partial charge < -0.3 is 4.90 Å². The molecule has 0 radical (unpaired) electrons. The molecule has 1 aromatic rings. The number of Topliss-reactive ketones (excluding diaryl/α,β-unsaturated/α-hetero) is 1. The van der Waals surface area contributed by atoms with Gasteiger partial charge in [0.15, 0.2) is 0 Å². The molecule has 126 valence electrons. The third-order valence-corrected chi connectivity index (χ3v) is 4.25. The van der Waals surface area contributed by atoms with E-state index in [0.29, 0.717) is 13.1 Å². The summed E-state index contributed by atoms with van der Waals surface area (Å²) in [6, 6.07) is 8.12. The van der Waals surface area contributed by atoms with Crippen LogP contribution in [0.25, 0.3) is 0 Å². The minimum absolute atomic E-state index is 0.254. The zero-order valence-corrected chi connectivity index (χ0v) is 13.9. The van der Waals surface area contributed by atoms with Gasteiger partial charge in [-0.1, -0.05) is 43.2 Å². The van der Waals surface area contributed by atoms with E-state index in [1.807, 2.05) is 0 Å². The molecular formula is C16H21NO5S. The van der Waals surface area contributed by atoms with E-state index in [2.05, 4.69) is 0 Å². The number of rotatable bonds is 5. The van der Waals surface area contributed by atoms with Crippen LogP contribution in [0, 0.1) is 0 Å². The van der Waals surface area contributed by atoms with Gasteiger partial charge >= 0.3 is 0 Å². The lowest BCUT2D eigenvalue weighted by atomic mass is 10.1. The molecular weight excluding hydrogens is 318 g/mol. The third kappa shape index (κ3) is 5.14. The zero-order chi connectivity index (χ0) is 16.9. The molecule has 0 aromatic heterocycles. The SMILES string of the molecule is CS(=O)(=O)OC(C(=O)c1ccccc1)C(=O)N1CCCCCC1. The molecule has 1 heterocycles. The molecule has 1 fully saturated rings. The van der Waals surface area contributed by atoms with Crippen molar-refractivity contribution < 1.29 is 22.2 Å². The van der Waals surface area contributed by atoms with Crippen molar-refractivity contribution in [2.45, 2.75) is 31.8 Å². The van der Waals surface area contributed by atoms with Gasteiger partial charge in [0.2, 0.25) is 11.9 Å². The van der Waals surface area contributed by atoms with Gasteiger partial charge in [0.25, 0.3) is 16.0 Å². The number of carbonyl (C=O) groups excluding carboxylic acids is 2. The van der Waals surface area contributed by atoms with E-state index in [4.69, 9.17) is 4.18 Å². The molecule has 0 aliphatic carbocycles. The molecule has 1 amide bonds. The fraction of sp³-hybridized carbons (Fsp3) is 0.500.